The van der Waals surface area contributed by atoms with Crippen LogP contribution in [0, 0.1) is 6.92 Å². The Morgan fingerprint density at radius 3 is 2.35 bits per heavy atom. The average Bonchev–Trinajstić information content (AvgIpc) is 2.79. The molecule has 1 saturated heterocycles. The van der Waals surface area contributed by atoms with Gasteiger partial charge in [-0.3, -0.25) is 14.9 Å². The van der Waals surface area contributed by atoms with Crippen molar-refractivity contribution in [1.82, 2.24) is 5.32 Å². The zero-order valence-electron chi connectivity index (χ0n) is 17.8. The number of barbiturate groups is 1. The molecule has 1 heterocycles. The quantitative estimate of drug-likeness (QED) is 0.324. The third kappa shape index (κ3) is 5.09. The lowest BCUT2D eigenvalue weighted by molar-refractivity contribution is -0.122. The first-order valence-corrected chi connectivity index (χ1v) is 11.2. The van der Waals surface area contributed by atoms with Gasteiger partial charge < -0.3 is 4.74 Å². The standard InChI is InChI=1S/C25H17Cl3N2O4/c1-14-2-6-18(7-3-14)30-24(32)19(23(31)29-25(30)33)12-16-11-17(26)5-9-22(16)34-13-15-4-8-20(27)21(28)10-15/h2-12H,13H2,1H3,(H,29,31,33)/b19-12+. The molecule has 1 aliphatic heterocycles. The molecule has 172 valence electrons. The van der Waals surface area contributed by atoms with Crippen molar-refractivity contribution < 1.29 is 19.1 Å². The molecule has 0 aliphatic carbocycles. The lowest BCUT2D eigenvalue weighted by atomic mass is 10.1. The Bertz CT molecular complexity index is 1340. The monoisotopic (exact) mass is 514 g/mol. The molecule has 9 heteroatoms. The third-order valence-electron chi connectivity index (χ3n) is 5.04. The molecule has 4 rings (SSSR count). The zero-order chi connectivity index (χ0) is 24.4. The molecule has 3 aromatic carbocycles. The van der Waals surface area contributed by atoms with Crippen molar-refractivity contribution in [3.05, 3.63) is 98.0 Å². The number of amides is 4. The fourth-order valence-corrected chi connectivity index (χ4v) is 3.80. The number of carbonyl (C=O) groups excluding carboxylic acids is 3. The smallest absolute Gasteiger partial charge is 0.335 e. The SMILES string of the molecule is Cc1ccc(N2C(=O)NC(=O)/C(=C\c3cc(Cl)ccc3OCc3ccc(Cl)c(Cl)c3)C2=O)cc1. The highest BCUT2D eigenvalue weighted by Gasteiger charge is 2.37. The summed E-state index contributed by atoms with van der Waals surface area (Å²) < 4.78 is 5.90. The van der Waals surface area contributed by atoms with E-state index in [1.165, 1.54) is 6.08 Å². The minimum absolute atomic E-state index is 0.156. The highest BCUT2D eigenvalue weighted by Crippen LogP contribution is 2.29. The third-order valence-corrected chi connectivity index (χ3v) is 6.02. The van der Waals surface area contributed by atoms with Gasteiger partial charge in [0.05, 0.1) is 15.7 Å². The summed E-state index contributed by atoms with van der Waals surface area (Å²) in [6.07, 6.45) is 1.35. The molecule has 0 atom stereocenters. The summed E-state index contributed by atoms with van der Waals surface area (Å²) >= 11 is 18.2. The Balaban J connectivity index is 1.66. The largest absolute Gasteiger partial charge is 0.488 e. The predicted octanol–water partition coefficient (Wildman–Crippen LogP) is 6.20. The van der Waals surface area contributed by atoms with Crippen LogP contribution in [-0.4, -0.2) is 17.8 Å². The van der Waals surface area contributed by atoms with Crippen molar-refractivity contribution in [2.75, 3.05) is 4.90 Å². The number of hydrogen-bond acceptors (Lipinski definition) is 4. The van der Waals surface area contributed by atoms with E-state index in [4.69, 9.17) is 39.5 Å². The Kier molecular flexibility index (Phi) is 6.93. The van der Waals surface area contributed by atoms with Crippen LogP contribution in [0.15, 0.2) is 66.2 Å². The maximum atomic E-state index is 13.2. The first kappa shape index (κ1) is 23.8. The number of carbonyl (C=O) groups is 3. The number of aryl methyl sites for hydroxylation is 1. The van der Waals surface area contributed by atoms with Gasteiger partial charge in [0.1, 0.15) is 17.9 Å². The van der Waals surface area contributed by atoms with E-state index in [1.807, 2.05) is 6.92 Å². The molecule has 0 saturated carbocycles. The van der Waals surface area contributed by atoms with Crippen molar-refractivity contribution in [2.24, 2.45) is 0 Å². The van der Waals surface area contributed by atoms with Crippen LogP contribution in [0.2, 0.25) is 15.1 Å². The molecule has 6 nitrogen and oxygen atoms in total. The normalized spacial score (nSPS) is 15.0. The molecule has 0 unspecified atom stereocenters. The van der Waals surface area contributed by atoms with Gasteiger partial charge in [0.2, 0.25) is 0 Å². The summed E-state index contributed by atoms with van der Waals surface area (Å²) in [4.78, 5) is 39.0. The molecule has 0 aromatic heterocycles. The second-order valence-corrected chi connectivity index (χ2v) is 8.76. The van der Waals surface area contributed by atoms with E-state index in [-0.39, 0.29) is 12.2 Å². The van der Waals surface area contributed by atoms with Gasteiger partial charge in [0.25, 0.3) is 11.8 Å². The maximum Gasteiger partial charge on any atom is 0.335 e. The molecule has 0 bridgehead atoms. The van der Waals surface area contributed by atoms with Gasteiger partial charge in [-0.15, -0.1) is 0 Å². The van der Waals surface area contributed by atoms with Gasteiger partial charge in [-0.2, -0.15) is 0 Å². The molecule has 0 spiro atoms. The number of halogens is 3. The maximum absolute atomic E-state index is 13.2. The molecular weight excluding hydrogens is 499 g/mol. The second kappa shape index (κ2) is 9.89. The van der Waals surface area contributed by atoms with Gasteiger partial charge in [0, 0.05) is 10.6 Å². The molecule has 4 amide bonds. The van der Waals surface area contributed by atoms with E-state index in [2.05, 4.69) is 5.32 Å². The van der Waals surface area contributed by atoms with Gasteiger partial charge >= 0.3 is 6.03 Å². The summed E-state index contributed by atoms with van der Waals surface area (Å²) in [6, 6.07) is 15.9. The first-order valence-electron chi connectivity index (χ1n) is 10.1. The van der Waals surface area contributed by atoms with E-state index < -0.39 is 17.8 Å². The predicted molar refractivity (Wildman–Crippen MR) is 132 cm³/mol. The van der Waals surface area contributed by atoms with Crippen molar-refractivity contribution in [3.63, 3.8) is 0 Å². The topological polar surface area (TPSA) is 75.7 Å². The minimum atomic E-state index is -0.821. The van der Waals surface area contributed by atoms with Crippen LogP contribution in [-0.2, 0) is 16.2 Å². The van der Waals surface area contributed by atoms with Gasteiger partial charge in [-0.1, -0.05) is 58.6 Å². The van der Waals surface area contributed by atoms with E-state index in [1.54, 1.807) is 60.7 Å². The summed E-state index contributed by atoms with van der Waals surface area (Å²) in [5.41, 5.74) is 2.23. The molecule has 1 aliphatic rings. The fraction of sp³-hybridized carbons (Fsp3) is 0.0800. The van der Waals surface area contributed by atoms with Crippen LogP contribution in [0.4, 0.5) is 10.5 Å². The van der Waals surface area contributed by atoms with Crippen LogP contribution < -0.4 is 15.0 Å². The number of anilines is 1. The second-order valence-electron chi connectivity index (χ2n) is 7.51. The first-order chi connectivity index (χ1) is 16.2. The lowest BCUT2D eigenvalue weighted by Crippen LogP contribution is -2.54. The van der Waals surface area contributed by atoms with E-state index in [0.29, 0.717) is 32.1 Å². The van der Waals surface area contributed by atoms with Gasteiger partial charge in [0.15, 0.2) is 0 Å². The molecule has 0 radical (unpaired) electrons. The Hall–Kier alpha value is -3.32. The average molecular weight is 516 g/mol. The van der Waals surface area contributed by atoms with Gasteiger partial charge in [-0.05, 0) is 61.0 Å². The zero-order valence-corrected chi connectivity index (χ0v) is 20.0. The number of benzene rings is 3. The Morgan fingerprint density at radius 1 is 0.912 bits per heavy atom. The van der Waals surface area contributed by atoms with Crippen molar-refractivity contribution in [3.8, 4) is 5.75 Å². The Morgan fingerprint density at radius 2 is 1.65 bits per heavy atom. The number of nitrogens with one attached hydrogen (secondary N) is 1. The molecular formula is C25H17Cl3N2O4. The van der Waals surface area contributed by atoms with Crippen LogP contribution in [0.1, 0.15) is 16.7 Å². The number of imide groups is 2. The van der Waals surface area contributed by atoms with E-state index >= 15 is 0 Å². The molecule has 34 heavy (non-hydrogen) atoms. The lowest BCUT2D eigenvalue weighted by Gasteiger charge is -2.26. The van der Waals surface area contributed by atoms with Crippen LogP contribution in [0.3, 0.4) is 0 Å². The van der Waals surface area contributed by atoms with Crippen molar-refractivity contribution in [2.45, 2.75) is 13.5 Å². The highest BCUT2D eigenvalue weighted by atomic mass is 35.5. The summed E-state index contributed by atoms with van der Waals surface area (Å²) in [5, 5.41) is 3.41. The number of nitrogens with zero attached hydrogens (tertiary/aromatic N) is 1. The summed E-state index contributed by atoms with van der Waals surface area (Å²) in [5.74, 6) is -1.19. The summed E-state index contributed by atoms with van der Waals surface area (Å²) in [7, 11) is 0. The number of rotatable bonds is 5. The Labute approximate surface area is 210 Å². The van der Waals surface area contributed by atoms with Gasteiger partial charge in [-0.25, -0.2) is 9.69 Å². The number of hydrogen-bond donors (Lipinski definition) is 1. The molecule has 3 aromatic rings. The fourth-order valence-electron chi connectivity index (χ4n) is 3.30. The molecule has 1 N–H and O–H groups in total. The van der Waals surface area contributed by atoms with Crippen molar-refractivity contribution in [1.29, 1.82) is 0 Å². The molecule has 1 fully saturated rings. The minimum Gasteiger partial charge on any atom is -0.488 e. The van der Waals surface area contributed by atoms with E-state index in [9.17, 15) is 14.4 Å². The van der Waals surface area contributed by atoms with Crippen LogP contribution in [0.5, 0.6) is 5.75 Å². The summed E-state index contributed by atoms with van der Waals surface area (Å²) in [6.45, 7) is 2.04. The van der Waals surface area contributed by atoms with Crippen LogP contribution in [0.25, 0.3) is 6.08 Å². The number of ether oxygens (including phenoxy) is 1. The number of urea groups is 1. The van der Waals surface area contributed by atoms with Crippen molar-refractivity contribution >= 4 is 64.4 Å². The highest BCUT2D eigenvalue weighted by molar-refractivity contribution is 6.42. The van der Waals surface area contributed by atoms with Crippen LogP contribution >= 0.6 is 34.8 Å². The van der Waals surface area contributed by atoms with E-state index in [0.717, 1.165) is 16.0 Å².